The number of benzene rings is 1. The maximum absolute atomic E-state index is 14.3. The number of carbonyl (C=O) groups excluding carboxylic acids is 2. The molecule has 5 heteroatoms. The van der Waals surface area contributed by atoms with Crippen molar-refractivity contribution >= 4 is 17.8 Å². The molecular formula is C40H56O5. The van der Waals surface area contributed by atoms with Crippen LogP contribution in [0.15, 0.2) is 35.9 Å². The lowest BCUT2D eigenvalue weighted by Gasteiger charge is -2.72. The van der Waals surface area contributed by atoms with Gasteiger partial charge in [-0.25, -0.2) is 0 Å². The van der Waals surface area contributed by atoms with E-state index in [-0.39, 0.29) is 33.4 Å². The van der Waals surface area contributed by atoms with Gasteiger partial charge in [-0.15, -0.1) is 0 Å². The molecule has 246 valence electrons. The Morgan fingerprint density at radius 1 is 0.889 bits per heavy atom. The van der Waals surface area contributed by atoms with Gasteiger partial charge in [0.05, 0.1) is 26.7 Å². The fourth-order valence-corrected chi connectivity index (χ4v) is 12.9. The summed E-state index contributed by atoms with van der Waals surface area (Å²) in [5, 5.41) is 0. The van der Waals surface area contributed by atoms with E-state index in [2.05, 4.69) is 54.2 Å². The standard InChI is InChI=1S/C40H56O5/c1-24(2)27-16-19-40(35(42)45-10)21-20-38(6)28(32(27)40)14-15-31-37(5)23-26(22-25-12-11-13-29(43-8)33(25)44-9)34(41)36(3,4)30(37)17-18-39(31,38)7/h11-13,22,27-28,30-32H,1,14-21,23H2,2-10H3/b26-22-/t27-,28+,30+,31+,32-,37-,38+,39+,40-/m0/s1. The maximum Gasteiger partial charge on any atom is 0.312 e. The molecule has 5 fully saturated rings. The van der Waals surface area contributed by atoms with Crippen molar-refractivity contribution in [1.82, 2.24) is 0 Å². The Kier molecular flexibility index (Phi) is 7.73. The minimum Gasteiger partial charge on any atom is -0.493 e. The summed E-state index contributed by atoms with van der Waals surface area (Å²) in [4.78, 5) is 27.9. The van der Waals surface area contributed by atoms with Gasteiger partial charge in [0.1, 0.15) is 0 Å². The van der Waals surface area contributed by atoms with Crippen LogP contribution in [0, 0.1) is 56.7 Å². The Bertz CT molecular complexity index is 1440. The summed E-state index contributed by atoms with van der Waals surface area (Å²) in [5.41, 5.74) is 2.41. The van der Waals surface area contributed by atoms with Gasteiger partial charge in [0, 0.05) is 11.0 Å². The van der Waals surface area contributed by atoms with Gasteiger partial charge in [-0.3, -0.25) is 9.59 Å². The molecule has 5 aliphatic rings. The van der Waals surface area contributed by atoms with Gasteiger partial charge in [-0.2, -0.15) is 0 Å². The zero-order chi connectivity index (χ0) is 32.7. The third-order valence-electron chi connectivity index (χ3n) is 15.0. The van der Waals surface area contributed by atoms with E-state index >= 15 is 0 Å². The minimum atomic E-state index is -0.451. The second-order valence-corrected chi connectivity index (χ2v) is 16.8. The van der Waals surface area contributed by atoms with Crippen molar-refractivity contribution in [2.45, 2.75) is 99.3 Å². The van der Waals surface area contributed by atoms with Crippen molar-refractivity contribution in [3.63, 3.8) is 0 Å². The van der Waals surface area contributed by atoms with Crippen molar-refractivity contribution in [3.05, 3.63) is 41.5 Å². The Morgan fingerprint density at radius 2 is 1.62 bits per heavy atom. The van der Waals surface area contributed by atoms with E-state index in [1.54, 1.807) is 21.3 Å². The summed E-state index contributed by atoms with van der Waals surface area (Å²) in [5.74, 6) is 3.58. The third kappa shape index (κ3) is 4.23. The molecule has 0 spiro atoms. The number of Topliss-reactive ketones (excluding diaryl/α,β-unsaturated/α-hetero) is 1. The Hall–Kier alpha value is -2.56. The average molecular weight is 617 g/mol. The Balaban J connectivity index is 1.42. The molecule has 5 aliphatic carbocycles. The fourth-order valence-electron chi connectivity index (χ4n) is 12.9. The number of para-hydroxylation sites is 1. The summed E-state index contributed by atoms with van der Waals surface area (Å²) in [6, 6.07) is 5.89. The van der Waals surface area contributed by atoms with E-state index in [4.69, 9.17) is 14.2 Å². The van der Waals surface area contributed by atoms with Crippen molar-refractivity contribution in [2.24, 2.45) is 56.7 Å². The first-order valence-corrected chi connectivity index (χ1v) is 17.4. The number of rotatable bonds is 5. The summed E-state index contributed by atoms with van der Waals surface area (Å²) in [6.45, 7) is 18.7. The van der Waals surface area contributed by atoms with Crippen LogP contribution in [0.1, 0.15) is 105 Å². The quantitative estimate of drug-likeness (QED) is 0.188. The highest BCUT2D eigenvalue weighted by molar-refractivity contribution is 6.04. The Morgan fingerprint density at radius 3 is 2.27 bits per heavy atom. The molecule has 0 bridgehead atoms. The highest BCUT2D eigenvalue weighted by Crippen LogP contribution is 2.77. The first-order valence-electron chi connectivity index (χ1n) is 17.4. The normalized spacial score (nSPS) is 42.6. The lowest BCUT2D eigenvalue weighted by molar-refractivity contribution is -0.232. The molecule has 6 rings (SSSR count). The smallest absolute Gasteiger partial charge is 0.312 e. The van der Waals surface area contributed by atoms with E-state index < -0.39 is 5.41 Å². The van der Waals surface area contributed by atoms with Crippen molar-refractivity contribution in [1.29, 1.82) is 0 Å². The highest BCUT2D eigenvalue weighted by Gasteiger charge is 2.72. The zero-order valence-corrected chi connectivity index (χ0v) is 29.3. The van der Waals surface area contributed by atoms with Crippen LogP contribution in [-0.2, 0) is 14.3 Å². The van der Waals surface area contributed by atoms with Crippen LogP contribution in [0.25, 0.3) is 6.08 Å². The predicted octanol–water partition coefficient (Wildman–Crippen LogP) is 9.10. The monoisotopic (exact) mass is 616 g/mol. The second-order valence-electron chi connectivity index (χ2n) is 16.8. The number of fused-ring (bicyclic) bond motifs is 7. The van der Waals surface area contributed by atoms with Crippen LogP contribution in [0.5, 0.6) is 11.5 Å². The molecule has 0 amide bonds. The summed E-state index contributed by atoms with van der Waals surface area (Å²) in [6.07, 6.45) is 11.3. The molecule has 0 saturated heterocycles. The third-order valence-corrected chi connectivity index (χ3v) is 15.0. The second kappa shape index (κ2) is 10.7. The van der Waals surface area contributed by atoms with Gasteiger partial charge in [0.15, 0.2) is 17.3 Å². The number of ether oxygens (including phenoxy) is 3. The fraction of sp³-hybridized carbons (Fsp3) is 0.700. The number of hydrogen-bond acceptors (Lipinski definition) is 5. The lowest BCUT2D eigenvalue weighted by Crippen LogP contribution is -2.67. The molecule has 1 aromatic rings. The molecule has 0 unspecified atom stereocenters. The molecule has 45 heavy (non-hydrogen) atoms. The van der Waals surface area contributed by atoms with Crippen LogP contribution >= 0.6 is 0 Å². The average Bonchev–Trinajstić information content (AvgIpc) is 3.41. The van der Waals surface area contributed by atoms with Gasteiger partial charge >= 0.3 is 5.97 Å². The van der Waals surface area contributed by atoms with Gasteiger partial charge in [0.25, 0.3) is 0 Å². The zero-order valence-electron chi connectivity index (χ0n) is 29.3. The van der Waals surface area contributed by atoms with Gasteiger partial charge in [-0.1, -0.05) is 58.9 Å². The molecule has 9 atom stereocenters. The number of hydrogen-bond donors (Lipinski definition) is 0. The lowest BCUT2D eigenvalue weighted by atomic mass is 9.32. The predicted molar refractivity (Wildman–Crippen MR) is 179 cm³/mol. The first kappa shape index (κ1) is 32.4. The number of esters is 1. The molecule has 0 aliphatic heterocycles. The van der Waals surface area contributed by atoms with Crippen LogP contribution in [-0.4, -0.2) is 33.1 Å². The van der Waals surface area contributed by atoms with E-state index in [1.807, 2.05) is 18.2 Å². The topological polar surface area (TPSA) is 61.8 Å². The summed E-state index contributed by atoms with van der Waals surface area (Å²) >= 11 is 0. The van der Waals surface area contributed by atoms with Crippen molar-refractivity contribution < 1.29 is 23.8 Å². The van der Waals surface area contributed by atoms with E-state index in [0.717, 1.165) is 68.9 Å². The summed E-state index contributed by atoms with van der Waals surface area (Å²) in [7, 11) is 4.89. The van der Waals surface area contributed by atoms with Crippen LogP contribution in [0.4, 0.5) is 0 Å². The molecule has 0 N–H and O–H groups in total. The summed E-state index contributed by atoms with van der Waals surface area (Å²) < 4.78 is 16.9. The SMILES string of the molecule is C=C(C)[C@@H]1CC[C@]2(C(=O)OC)CC[C@]3(C)[C@H](CC[C@@H]4[C@@]5(C)C/C(=C/c6cccc(OC)c6OC)C(=O)C(C)(C)[C@H]5CC[C@]43C)[C@H]12. The Labute approximate surface area is 271 Å². The highest BCUT2D eigenvalue weighted by atomic mass is 16.5. The first-order chi connectivity index (χ1) is 21.2. The number of methoxy groups -OCH3 is 3. The van der Waals surface area contributed by atoms with Gasteiger partial charge < -0.3 is 14.2 Å². The largest absolute Gasteiger partial charge is 0.493 e. The van der Waals surface area contributed by atoms with Crippen LogP contribution in [0.3, 0.4) is 0 Å². The molecule has 1 aromatic carbocycles. The number of ketones is 1. The van der Waals surface area contributed by atoms with Gasteiger partial charge in [0.2, 0.25) is 0 Å². The molecule has 0 radical (unpaired) electrons. The number of allylic oxidation sites excluding steroid dienone is 2. The molecule has 5 saturated carbocycles. The molecule has 0 aromatic heterocycles. The van der Waals surface area contributed by atoms with Gasteiger partial charge in [-0.05, 0) is 128 Å². The minimum absolute atomic E-state index is 0.0107. The molecular weight excluding hydrogens is 560 g/mol. The van der Waals surface area contributed by atoms with E-state index in [9.17, 15) is 9.59 Å². The van der Waals surface area contributed by atoms with Crippen LogP contribution in [0.2, 0.25) is 0 Å². The molecule has 5 nitrogen and oxygen atoms in total. The van der Waals surface area contributed by atoms with Crippen LogP contribution < -0.4 is 9.47 Å². The van der Waals surface area contributed by atoms with E-state index in [1.165, 1.54) is 5.57 Å². The van der Waals surface area contributed by atoms with Crippen molar-refractivity contribution in [2.75, 3.05) is 21.3 Å². The number of carbonyl (C=O) groups is 2. The van der Waals surface area contributed by atoms with Crippen molar-refractivity contribution in [3.8, 4) is 11.5 Å². The molecule has 0 heterocycles. The van der Waals surface area contributed by atoms with E-state index in [0.29, 0.717) is 41.1 Å². The maximum atomic E-state index is 14.3.